The van der Waals surface area contributed by atoms with Crippen LogP contribution in [0.25, 0.3) is 0 Å². The minimum Gasteiger partial charge on any atom is -0.354 e. The summed E-state index contributed by atoms with van der Waals surface area (Å²) in [5.74, 6) is 0.508. The third-order valence-electron chi connectivity index (χ3n) is 5.35. The molecule has 0 radical (unpaired) electrons. The van der Waals surface area contributed by atoms with Gasteiger partial charge in [0.05, 0.1) is 17.1 Å². The summed E-state index contributed by atoms with van der Waals surface area (Å²) in [6, 6.07) is 21.9. The van der Waals surface area contributed by atoms with Gasteiger partial charge in [-0.2, -0.15) is 5.10 Å². The first-order valence-electron chi connectivity index (χ1n) is 10.7. The standard InChI is InChI=1S/C25H22N6OS2/c1-16(19-11-12-23-21(13-19)27-20-5-3-4-6-22(20)34-23)28-29-24(32)18-9-7-17(8-10-18)14-33-25-30-26-15-31(25)2/h3-13,15,27H,14H2,1-2H3,(H,29,32)/b28-16+. The first kappa shape index (κ1) is 22.2. The van der Waals surface area contributed by atoms with Crippen molar-refractivity contribution < 1.29 is 4.79 Å². The predicted molar refractivity (Wildman–Crippen MR) is 137 cm³/mol. The van der Waals surface area contributed by atoms with Gasteiger partial charge >= 0.3 is 0 Å². The van der Waals surface area contributed by atoms with E-state index in [0.717, 1.165) is 44.0 Å². The summed E-state index contributed by atoms with van der Waals surface area (Å²) in [7, 11) is 1.91. The lowest BCUT2D eigenvalue weighted by Crippen LogP contribution is -2.19. The van der Waals surface area contributed by atoms with Crippen molar-refractivity contribution in [3.05, 3.63) is 89.7 Å². The normalized spacial score (nSPS) is 12.5. The number of benzene rings is 3. The quantitative estimate of drug-likeness (QED) is 0.188. The largest absolute Gasteiger partial charge is 0.354 e. The average Bonchev–Trinajstić information content (AvgIpc) is 3.29. The maximum Gasteiger partial charge on any atom is 0.271 e. The smallest absolute Gasteiger partial charge is 0.271 e. The fraction of sp³-hybridized carbons (Fsp3) is 0.120. The molecule has 0 atom stereocenters. The molecule has 0 aliphatic carbocycles. The topological polar surface area (TPSA) is 84.2 Å². The lowest BCUT2D eigenvalue weighted by Gasteiger charge is -2.21. The molecule has 4 aromatic rings. The highest BCUT2D eigenvalue weighted by molar-refractivity contribution is 7.99. The van der Waals surface area contributed by atoms with Crippen molar-refractivity contribution in [2.45, 2.75) is 27.6 Å². The molecule has 0 saturated carbocycles. The highest BCUT2D eigenvalue weighted by Gasteiger charge is 2.16. The molecule has 7 nitrogen and oxygen atoms in total. The van der Waals surface area contributed by atoms with Crippen molar-refractivity contribution in [2.75, 3.05) is 5.32 Å². The van der Waals surface area contributed by atoms with E-state index in [1.807, 2.05) is 61.0 Å². The Bertz CT molecular complexity index is 1380. The zero-order valence-electron chi connectivity index (χ0n) is 18.6. The van der Waals surface area contributed by atoms with Crippen LogP contribution in [0, 0.1) is 0 Å². The van der Waals surface area contributed by atoms with Gasteiger partial charge in [0.1, 0.15) is 6.33 Å². The zero-order valence-corrected chi connectivity index (χ0v) is 20.3. The maximum absolute atomic E-state index is 12.6. The van der Waals surface area contributed by atoms with Crippen LogP contribution in [-0.2, 0) is 12.8 Å². The molecule has 34 heavy (non-hydrogen) atoms. The highest BCUT2D eigenvalue weighted by atomic mass is 32.2. The third-order valence-corrected chi connectivity index (χ3v) is 7.61. The van der Waals surface area contributed by atoms with Crippen molar-refractivity contribution >= 4 is 46.5 Å². The van der Waals surface area contributed by atoms with Gasteiger partial charge in [-0.15, -0.1) is 10.2 Å². The number of hydrazone groups is 1. The zero-order chi connectivity index (χ0) is 23.5. The van der Waals surface area contributed by atoms with Gasteiger partial charge in [-0.1, -0.05) is 53.9 Å². The van der Waals surface area contributed by atoms with Crippen molar-refractivity contribution in [2.24, 2.45) is 12.1 Å². The van der Waals surface area contributed by atoms with Crippen molar-refractivity contribution in [1.82, 2.24) is 20.2 Å². The number of aromatic nitrogens is 3. The molecule has 2 N–H and O–H groups in total. The van der Waals surface area contributed by atoms with Gasteiger partial charge < -0.3 is 9.88 Å². The molecule has 3 aromatic carbocycles. The van der Waals surface area contributed by atoms with Crippen LogP contribution in [0.5, 0.6) is 0 Å². The Morgan fingerprint density at radius 3 is 2.62 bits per heavy atom. The van der Waals surface area contributed by atoms with Crippen LogP contribution in [0.2, 0.25) is 0 Å². The van der Waals surface area contributed by atoms with Gasteiger partial charge in [-0.05, 0) is 54.4 Å². The summed E-state index contributed by atoms with van der Waals surface area (Å²) in [6.07, 6.45) is 1.68. The first-order chi connectivity index (χ1) is 16.6. The summed E-state index contributed by atoms with van der Waals surface area (Å²) in [5.41, 5.74) is 8.15. The van der Waals surface area contributed by atoms with E-state index < -0.39 is 0 Å². The number of carbonyl (C=O) groups excluding carboxylic acids is 1. The van der Waals surface area contributed by atoms with Crippen LogP contribution < -0.4 is 10.7 Å². The number of nitrogens with zero attached hydrogens (tertiary/aromatic N) is 4. The van der Waals surface area contributed by atoms with Crippen molar-refractivity contribution in [3.63, 3.8) is 0 Å². The van der Waals surface area contributed by atoms with Crippen LogP contribution in [-0.4, -0.2) is 26.4 Å². The minimum atomic E-state index is -0.243. The number of anilines is 2. The molecule has 1 aliphatic heterocycles. The molecular formula is C25H22N6OS2. The lowest BCUT2D eigenvalue weighted by atomic mass is 10.1. The Morgan fingerprint density at radius 2 is 1.82 bits per heavy atom. The Balaban J connectivity index is 1.21. The van der Waals surface area contributed by atoms with Gasteiger partial charge in [0.25, 0.3) is 5.91 Å². The SMILES string of the molecule is C/C(=N\NC(=O)c1ccc(CSc2nncn2C)cc1)c1ccc2c(c1)Nc1ccccc1S2. The van der Waals surface area contributed by atoms with Crippen LogP contribution in [0.15, 0.2) is 93.1 Å². The van der Waals surface area contributed by atoms with Gasteiger partial charge in [0.2, 0.25) is 0 Å². The number of fused-ring (bicyclic) bond motifs is 2. The number of carbonyl (C=O) groups is 1. The number of hydrogen-bond donors (Lipinski definition) is 2. The third kappa shape index (κ3) is 4.85. The van der Waals surface area contributed by atoms with Gasteiger partial charge in [0, 0.05) is 28.2 Å². The summed E-state index contributed by atoms with van der Waals surface area (Å²) >= 11 is 3.34. The number of para-hydroxylation sites is 1. The number of nitrogens with one attached hydrogen (secondary N) is 2. The van der Waals surface area contributed by atoms with E-state index in [4.69, 9.17) is 0 Å². The van der Waals surface area contributed by atoms with Gasteiger partial charge in [-0.25, -0.2) is 5.43 Å². The first-order valence-corrected chi connectivity index (χ1v) is 12.5. The number of amides is 1. The lowest BCUT2D eigenvalue weighted by molar-refractivity contribution is 0.0955. The minimum absolute atomic E-state index is 0.243. The molecule has 5 rings (SSSR count). The van der Waals surface area contributed by atoms with Crippen LogP contribution in [0.3, 0.4) is 0 Å². The van der Waals surface area contributed by atoms with E-state index in [-0.39, 0.29) is 5.91 Å². The molecule has 1 aliphatic rings. The van der Waals surface area contributed by atoms with E-state index in [2.05, 4.69) is 50.3 Å². The average molecular weight is 487 g/mol. The van der Waals surface area contributed by atoms with Crippen LogP contribution in [0.1, 0.15) is 28.4 Å². The molecule has 0 spiro atoms. The summed E-state index contributed by atoms with van der Waals surface area (Å²) in [4.78, 5) is 15.0. The second kappa shape index (κ2) is 9.74. The molecule has 9 heteroatoms. The second-order valence-corrected chi connectivity index (χ2v) is 9.81. The fourth-order valence-electron chi connectivity index (χ4n) is 3.43. The highest BCUT2D eigenvalue weighted by Crippen LogP contribution is 2.44. The Labute approximate surface area is 206 Å². The van der Waals surface area contributed by atoms with Gasteiger partial charge in [0.15, 0.2) is 5.16 Å². The Kier molecular flexibility index (Phi) is 6.37. The molecule has 170 valence electrons. The molecular weight excluding hydrogens is 464 g/mol. The second-order valence-electron chi connectivity index (χ2n) is 7.78. The number of rotatable bonds is 6. The summed E-state index contributed by atoms with van der Waals surface area (Å²) in [5, 5.41) is 16.6. The van der Waals surface area contributed by atoms with Crippen molar-refractivity contribution in [1.29, 1.82) is 0 Å². The molecule has 0 unspecified atom stereocenters. The Hall–Kier alpha value is -3.56. The Morgan fingerprint density at radius 1 is 1.06 bits per heavy atom. The number of thioether (sulfide) groups is 1. The van der Waals surface area contributed by atoms with Crippen LogP contribution in [0.4, 0.5) is 11.4 Å². The fourth-order valence-corrected chi connectivity index (χ4v) is 5.24. The van der Waals surface area contributed by atoms with Gasteiger partial charge in [-0.3, -0.25) is 4.79 Å². The molecule has 0 fully saturated rings. The molecule has 0 bridgehead atoms. The van der Waals surface area contributed by atoms with E-state index in [0.29, 0.717) is 5.56 Å². The molecule has 0 saturated heterocycles. The van der Waals surface area contributed by atoms with E-state index in [9.17, 15) is 4.79 Å². The van der Waals surface area contributed by atoms with E-state index in [1.54, 1.807) is 29.9 Å². The molecule has 1 amide bonds. The summed E-state index contributed by atoms with van der Waals surface area (Å²) in [6.45, 7) is 1.89. The molecule has 1 aromatic heterocycles. The predicted octanol–water partition coefficient (Wildman–Crippen LogP) is 5.47. The van der Waals surface area contributed by atoms with E-state index >= 15 is 0 Å². The van der Waals surface area contributed by atoms with E-state index in [1.165, 1.54) is 4.90 Å². The number of aryl methyl sites for hydroxylation is 1. The molecule has 2 heterocycles. The monoisotopic (exact) mass is 486 g/mol. The number of hydrogen-bond acceptors (Lipinski definition) is 7. The summed E-state index contributed by atoms with van der Waals surface area (Å²) < 4.78 is 1.88. The van der Waals surface area contributed by atoms with Crippen molar-refractivity contribution in [3.8, 4) is 0 Å². The van der Waals surface area contributed by atoms with Crippen LogP contribution >= 0.6 is 23.5 Å². The maximum atomic E-state index is 12.6.